The Labute approximate surface area is 131 Å². The number of Topliss-reactive ketones (excluding diaryl/α,β-unsaturated/α-hetero) is 1. The first kappa shape index (κ1) is 13.7. The van der Waals surface area contributed by atoms with Crippen molar-refractivity contribution in [2.24, 2.45) is 7.05 Å². The highest BCUT2D eigenvalue weighted by molar-refractivity contribution is 7.71. The van der Waals surface area contributed by atoms with Crippen LogP contribution in [0.25, 0.3) is 11.4 Å². The van der Waals surface area contributed by atoms with Gasteiger partial charge in [0.1, 0.15) is 6.10 Å². The minimum absolute atomic E-state index is 0.0609. The highest BCUT2D eigenvalue weighted by atomic mass is 32.1. The number of pyridine rings is 1. The number of carbonyl (C=O) groups excluding carboxylic acids is 1. The highest BCUT2D eigenvalue weighted by Gasteiger charge is 2.45. The summed E-state index contributed by atoms with van der Waals surface area (Å²) in [6.07, 6.45) is 2.87. The van der Waals surface area contributed by atoms with E-state index in [-0.39, 0.29) is 17.9 Å². The van der Waals surface area contributed by atoms with Gasteiger partial charge in [-0.3, -0.25) is 9.78 Å². The molecule has 0 spiro atoms. The van der Waals surface area contributed by atoms with E-state index in [4.69, 9.17) is 21.7 Å². The van der Waals surface area contributed by atoms with Crippen LogP contribution in [0.15, 0.2) is 24.5 Å². The van der Waals surface area contributed by atoms with Gasteiger partial charge in [-0.15, -0.1) is 0 Å². The van der Waals surface area contributed by atoms with Gasteiger partial charge in [-0.05, 0) is 24.4 Å². The van der Waals surface area contributed by atoms with Crippen molar-refractivity contribution in [3.8, 4) is 11.4 Å². The zero-order chi connectivity index (χ0) is 15.3. The molecule has 0 aromatic carbocycles. The molecule has 0 radical (unpaired) electrons. The predicted octanol–water partition coefficient (Wildman–Crippen LogP) is 1.27. The summed E-state index contributed by atoms with van der Waals surface area (Å²) < 4.78 is 15.0. The normalized spacial score (nSPS) is 27.3. The van der Waals surface area contributed by atoms with Crippen molar-refractivity contribution in [2.75, 3.05) is 6.61 Å². The molecule has 2 aliphatic heterocycles. The second-order valence-electron chi connectivity index (χ2n) is 5.43. The fourth-order valence-corrected chi connectivity index (χ4v) is 3.15. The molecule has 22 heavy (non-hydrogen) atoms. The van der Waals surface area contributed by atoms with E-state index in [9.17, 15) is 4.79 Å². The molecule has 0 aliphatic carbocycles. The molecule has 4 heterocycles. The number of aromatic nitrogens is 4. The molecule has 7 nitrogen and oxygen atoms in total. The average Bonchev–Trinajstić information content (AvgIpc) is 3.09. The van der Waals surface area contributed by atoms with Gasteiger partial charge in [0, 0.05) is 31.4 Å². The number of rotatable bonds is 2. The number of ether oxygens (including phenoxy) is 2. The Kier molecular flexibility index (Phi) is 3.17. The first-order valence-electron chi connectivity index (χ1n) is 7.01. The van der Waals surface area contributed by atoms with Crippen LogP contribution in [-0.4, -0.2) is 44.1 Å². The summed E-state index contributed by atoms with van der Waals surface area (Å²) in [4.78, 5) is 16.1. The quantitative estimate of drug-likeness (QED) is 0.777. The van der Waals surface area contributed by atoms with E-state index in [1.54, 1.807) is 17.1 Å². The molecule has 0 unspecified atom stereocenters. The SMILES string of the molecule is Cn1c(-c2cccnc2)nn([C@H]2CC(=O)[C@@H]3OC[C@H]2O3)c1=S. The molecule has 2 aromatic rings. The molecule has 2 aliphatic rings. The fraction of sp³-hybridized carbons (Fsp3) is 0.429. The van der Waals surface area contributed by atoms with Gasteiger partial charge in [-0.25, -0.2) is 4.68 Å². The molecule has 4 rings (SSSR count). The van der Waals surface area contributed by atoms with Crippen molar-refractivity contribution in [1.29, 1.82) is 0 Å². The minimum atomic E-state index is -0.711. The van der Waals surface area contributed by atoms with Crippen LogP contribution in [0, 0.1) is 4.77 Å². The Morgan fingerprint density at radius 3 is 3.09 bits per heavy atom. The molecule has 2 bridgehead atoms. The summed E-state index contributed by atoms with van der Waals surface area (Å²) in [6, 6.07) is 3.54. The first-order chi connectivity index (χ1) is 10.6. The van der Waals surface area contributed by atoms with E-state index < -0.39 is 6.29 Å². The minimum Gasteiger partial charge on any atom is -0.343 e. The van der Waals surface area contributed by atoms with Gasteiger partial charge in [0.05, 0.1) is 12.6 Å². The number of ketones is 1. The van der Waals surface area contributed by atoms with Gasteiger partial charge in [0.2, 0.25) is 6.29 Å². The topological polar surface area (TPSA) is 71.2 Å². The molecule has 0 amide bonds. The second kappa shape index (κ2) is 5.08. The lowest BCUT2D eigenvalue weighted by molar-refractivity contribution is -0.156. The maximum absolute atomic E-state index is 12.0. The summed E-state index contributed by atoms with van der Waals surface area (Å²) in [5, 5.41) is 4.60. The standard InChI is InChI=1S/C14H14N4O3S/c1-17-12(8-3-2-4-15-6-8)16-18(14(17)22)9-5-10(19)13-20-7-11(9)21-13/h2-4,6,9,11,13H,5,7H2,1H3/t9-,11+,13+/m0/s1. The molecule has 114 valence electrons. The van der Waals surface area contributed by atoms with Crippen LogP contribution < -0.4 is 0 Å². The van der Waals surface area contributed by atoms with Crippen molar-refractivity contribution in [2.45, 2.75) is 24.9 Å². The zero-order valence-corrected chi connectivity index (χ0v) is 12.7. The van der Waals surface area contributed by atoms with E-state index in [2.05, 4.69) is 10.1 Å². The predicted molar refractivity (Wildman–Crippen MR) is 78.5 cm³/mol. The molecular formula is C14H14N4O3S. The number of nitrogens with zero attached hydrogens (tertiary/aromatic N) is 4. The van der Waals surface area contributed by atoms with Crippen LogP contribution in [0.3, 0.4) is 0 Å². The number of fused-ring (bicyclic) bond motifs is 2. The van der Waals surface area contributed by atoms with Crippen LogP contribution in [0.1, 0.15) is 12.5 Å². The lowest BCUT2D eigenvalue weighted by atomic mass is 10.0. The van der Waals surface area contributed by atoms with Crippen molar-refractivity contribution < 1.29 is 14.3 Å². The van der Waals surface area contributed by atoms with Crippen LogP contribution in [0.4, 0.5) is 0 Å². The van der Waals surface area contributed by atoms with Crippen LogP contribution in [0.2, 0.25) is 0 Å². The maximum atomic E-state index is 12.0. The van der Waals surface area contributed by atoms with Crippen LogP contribution in [0.5, 0.6) is 0 Å². The molecule has 3 atom stereocenters. The van der Waals surface area contributed by atoms with Gasteiger partial charge in [-0.1, -0.05) is 0 Å². The van der Waals surface area contributed by atoms with Gasteiger partial charge in [0.25, 0.3) is 0 Å². The third kappa shape index (κ3) is 2.03. The molecule has 0 saturated carbocycles. The van der Waals surface area contributed by atoms with Gasteiger partial charge in [-0.2, -0.15) is 5.10 Å². The summed E-state index contributed by atoms with van der Waals surface area (Å²) in [5.74, 6) is 0.654. The maximum Gasteiger partial charge on any atom is 0.218 e. The Morgan fingerprint density at radius 2 is 2.32 bits per heavy atom. The fourth-order valence-electron chi connectivity index (χ4n) is 2.89. The summed E-state index contributed by atoms with van der Waals surface area (Å²) in [5.41, 5.74) is 0.874. The first-order valence-corrected chi connectivity index (χ1v) is 7.41. The van der Waals surface area contributed by atoms with E-state index in [0.29, 0.717) is 23.6 Å². The summed E-state index contributed by atoms with van der Waals surface area (Å²) in [6.45, 7) is 0.391. The van der Waals surface area contributed by atoms with Gasteiger partial charge < -0.3 is 14.0 Å². The Morgan fingerprint density at radius 1 is 1.45 bits per heavy atom. The lowest BCUT2D eigenvalue weighted by Crippen LogP contribution is -2.37. The highest BCUT2D eigenvalue weighted by Crippen LogP contribution is 2.33. The largest absolute Gasteiger partial charge is 0.343 e. The third-order valence-corrected chi connectivity index (χ3v) is 4.51. The van der Waals surface area contributed by atoms with Crippen LogP contribution in [-0.2, 0) is 21.3 Å². The van der Waals surface area contributed by atoms with Gasteiger partial charge >= 0.3 is 0 Å². The zero-order valence-electron chi connectivity index (χ0n) is 11.9. The summed E-state index contributed by atoms with van der Waals surface area (Å²) >= 11 is 5.48. The van der Waals surface area contributed by atoms with Crippen molar-refractivity contribution in [3.05, 3.63) is 29.3 Å². The van der Waals surface area contributed by atoms with E-state index in [1.165, 1.54) is 0 Å². The monoisotopic (exact) mass is 318 g/mol. The number of carbonyl (C=O) groups is 1. The van der Waals surface area contributed by atoms with Crippen molar-refractivity contribution in [1.82, 2.24) is 19.3 Å². The van der Waals surface area contributed by atoms with E-state index in [0.717, 1.165) is 5.56 Å². The Bertz CT molecular complexity index is 785. The number of hydrogen-bond acceptors (Lipinski definition) is 6. The molecule has 2 fully saturated rings. The number of hydrogen-bond donors (Lipinski definition) is 0. The van der Waals surface area contributed by atoms with Crippen LogP contribution >= 0.6 is 12.2 Å². The smallest absolute Gasteiger partial charge is 0.218 e. The van der Waals surface area contributed by atoms with Gasteiger partial charge in [0.15, 0.2) is 16.4 Å². The molecule has 0 N–H and O–H groups in total. The Hall–Kier alpha value is -1.90. The lowest BCUT2D eigenvalue weighted by Gasteiger charge is -2.26. The molecule has 2 saturated heterocycles. The average molecular weight is 318 g/mol. The third-order valence-electron chi connectivity index (χ3n) is 4.05. The Balaban J connectivity index is 1.77. The second-order valence-corrected chi connectivity index (χ2v) is 5.79. The van der Waals surface area contributed by atoms with E-state index >= 15 is 0 Å². The summed E-state index contributed by atoms with van der Waals surface area (Å²) in [7, 11) is 1.85. The molecule has 8 heteroatoms. The molecule has 2 aromatic heterocycles. The molecular weight excluding hydrogens is 304 g/mol. The van der Waals surface area contributed by atoms with Crippen molar-refractivity contribution in [3.63, 3.8) is 0 Å². The van der Waals surface area contributed by atoms with E-state index in [1.807, 2.05) is 23.7 Å². The van der Waals surface area contributed by atoms with Crippen molar-refractivity contribution >= 4 is 18.0 Å².